The zero-order valence-corrected chi connectivity index (χ0v) is 26.6. The van der Waals surface area contributed by atoms with E-state index in [0.29, 0.717) is 42.3 Å². The van der Waals surface area contributed by atoms with E-state index in [9.17, 15) is 13.5 Å². The van der Waals surface area contributed by atoms with Crippen LogP contribution in [0.2, 0.25) is 0 Å². The maximum absolute atomic E-state index is 14.0. The number of aryl methyl sites for hydroxylation is 1. The van der Waals surface area contributed by atoms with Crippen molar-refractivity contribution >= 4 is 15.5 Å². The van der Waals surface area contributed by atoms with Gasteiger partial charge in [-0.3, -0.25) is 0 Å². The number of hydrogen-bond acceptors (Lipinski definition) is 6. The first-order chi connectivity index (χ1) is 20.1. The molecule has 6 nitrogen and oxygen atoms in total. The number of aliphatic hydroxyl groups is 1. The molecule has 0 spiro atoms. The van der Waals surface area contributed by atoms with Gasteiger partial charge in [0.25, 0.3) is 0 Å². The lowest BCUT2D eigenvalue weighted by Crippen LogP contribution is -2.43. The van der Waals surface area contributed by atoms with Gasteiger partial charge in [0.05, 0.1) is 16.8 Å². The van der Waals surface area contributed by atoms with Crippen molar-refractivity contribution in [1.82, 2.24) is 0 Å². The number of rotatable bonds is 13. The van der Waals surface area contributed by atoms with Crippen LogP contribution < -0.4 is 14.4 Å². The molecule has 0 amide bonds. The molecule has 3 aromatic carbocycles. The minimum absolute atomic E-state index is 0.0336. The fourth-order valence-corrected chi connectivity index (χ4v) is 8.31. The fraction of sp³-hybridized carbons (Fsp3) is 0.486. The average Bonchev–Trinajstić information content (AvgIpc) is 3.04. The second-order valence-corrected chi connectivity index (χ2v) is 13.9. The molecular formula is C35H47NO5S. The molecule has 1 heterocycles. The highest BCUT2D eigenvalue weighted by Gasteiger charge is 2.49. The Kier molecular flexibility index (Phi) is 10.6. The molecule has 1 aliphatic rings. The number of sulfone groups is 1. The smallest absolute Gasteiger partial charge is 0.179 e. The number of anilines is 1. The molecule has 4 rings (SSSR count). The predicted octanol–water partition coefficient (Wildman–Crippen LogP) is 7.17. The zero-order chi connectivity index (χ0) is 30.3. The van der Waals surface area contributed by atoms with Crippen LogP contribution in [-0.2, 0) is 9.84 Å². The largest absolute Gasteiger partial charge is 0.490 e. The van der Waals surface area contributed by atoms with Crippen LogP contribution in [0.4, 0.5) is 5.69 Å². The normalized spacial score (nSPS) is 19.0. The molecule has 42 heavy (non-hydrogen) atoms. The van der Waals surface area contributed by atoms with Crippen molar-refractivity contribution in [2.45, 2.75) is 76.2 Å². The van der Waals surface area contributed by atoms with Gasteiger partial charge in [-0.15, -0.1) is 0 Å². The number of fused-ring (bicyclic) bond motifs is 1. The van der Waals surface area contributed by atoms with Crippen LogP contribution in [0.25, 0.3) is 0 Å². The second kappa shape index (κ2) is 14.0. The van der Waals surface area contributed by atoms with Gasteiger partial charge in [-0.05, 0) is 73.4 Å². The minimum Gasteiger partial charge on any atom is -0.490 e. The Morgan fingerprint density at radius 3 is 1.93 bits per heavy atom. The molecule has 1 N–H and O–H groups in total. The van der Waals surface area contributed by atoms with Crippen molar-refractivity contribution in [2.24, 2.45) is 5.41 Å². The van der Waals surface area contributed by atoms with Crippen molar-refractivity contribution in [2.75, 3.05) is 38.0 Å². The molecule has 2 atom stereocenters. The van der Waals surface area contributed by atoms with Crippen LogP contribution in [0, 0.1) is 12.3 Å². The Hall–Kier alpha value is -3.03. The molecule has 1 aliphatic heterocycles. The summed E-state index contributed by atoms with van der Waals surface area (Å²) in [4.78, 5) is 2.30. The van der Waals surface area contributed by atoms with Gasteiger partial charge >= 0.3 is 0 Å². The molecule has 0 aromatic heterocycles. The molecule has 0 aliphatic carbocycles. The van der Waals surface area contributed by atoms with Gasteiger partial charge < -0.3 is 19.5 Å². The third-order valence-corrected chi connectivity index (χ3v) is 10.5. The first kappa shape index (κ1) is 31.9. The maximum Gasteiger partial charge on any atom is 0.179 e. The molecule has 0 saturated heterocycles. The van der Waals surface area contributed by atoms with E-state index in [2.05, 4.69) is 13.8 Å². The lowest BCUT2D eigenvalue weighted by Gasteiger charge is -2.40. The summed E-state index contributed by atoms with van der Waals surface area (Å²) in [6, 6.07) is 21.2. The SMILES string of the molecule is CCCCC1(CCCC)CS(=O)(=O)c2ccc(N(C)C)cc2[C@H](c2ccc(OCCOc3ccc(C)cc3)cc2)[C@@H]1O. The van der Waals surface area contributed by atoms with Crippen molar-refractivity contribution < 1.29 is 23.0 Å². The summed E-state index contributed by atoms with van der Waals surface area (Å²) < 4.78 is 39.7. The molecule has 0 unspecified atom stereocenters. The van der Waals surface area contributed by atoms with E-state index in [-0.39, 0.29) is 5.75 Å². The van der Waals surface area contributed by atoms with Crippen LogP contribution in [-0.4, -0.2) is 52.7 Å². The average molecular weight is 594 g/mol. The minimum atomic E-state index is -3.63. The van der Waals surface area contributed by atoms with Crippen LogP contribution in [0.15, 0.2) is 71.6 Å². The maximum atomic E-state index is 14.0. The number of nitrogens with zero attached hydrogens (tertiary/aromatic N) is 1. The van der Waals surface area contributed by atoms with E-state index in [4.69, 9.17) is 9.47 Å². The zero-order valence-electron chi connectivity index (χ0n) is 25.8. The number of aliphatic hydroxyl groups excluding tert-OH is 1. The third-order valence-electron chi connectivity index (χ3n) is 8.54. The van der Waals surface area contributed by atoms with Crippen molar-refractivity contribution in [1.29, 1.82) is 0 Å². The predicted molar refractivity (Wildman–Crippen MR) is 171 cm³/mol. The van der Waals surface area contributed by atoms with Crippen molar-refractivity contribution in [3.63, 3.8) is 0 Å². The van der Waals surface area contributed by atoms with Crippen molar-refractivity contribution in [3.8, 4) is 11.5 Å². The molecule has 0 fully saturated rings. The summed E-state index contributed by atoms with van der Waals surface area (Å²) in [7, 11) is 0.260. The quantitative estimate of drug-likeness (QED) is 0.212. The first-order valence-corrected chi connectivity index (χ1v) is 16.9. The Bertz CT molecular complexity index is 1390. The van der Waals surface area contributed by atoms with E-state index < -0.39 is 27.3 Å². The standard InChI is InChI=1S/C35H47NO5S/c1-6-8-20-35(21-9-7-2)25-42(38,39)32-19-14-28(36(4)5)24-31(32)33(34(35)37)27-12-17-30(18-13-27)41-23-22-40-29-15-10-26(3)11-16-29/h10-19,24,33-34,37H,6-9,20-23,25H2,1-5H3/t33-,34-/m0/s1. The van der Waals surface area contributed by atoms with Gasteiger partial charge in [-0.2, -0.15) is 0 Å². The summed E-state index contributed by atoms with van der Waals surface area (Å²) >= 11 is 0. The summed E-state index contributed by atoms with van der Waals surface area (Å²) in [5.74, 6) is 0.994. The van der Waals surface area contributed by atoms with Gasteiger partial charge in [0, 0.05) is 31.1 Å². The molecule has 0 radical (unpaired) electrons. The van der Waals surface area contributed by atoms with Gasteiger partial charge in [0.15, 0.2) is 9.84 Å². The fourth-order valence-electron chi connectivity index (χ4n) is 6.12. The molecule has 0 saturated carbocycles. The Morgan fingerprint density at radius 2 is 1.40 bits per heavy atom. The van der Waals surface area contributed by atoms with Crippen molar-refractivity contribution in [3.05, 3.63) is 83.4 Å². The van der Waals surface area contributed by atoms with E-state index in [0.717, 1.165) is 42.7 Å². The highest BCUT2D eigenvalue weighted by Crippen LogP contribution is 2.50. The summed E-state index contributed by atoms with van der Waals surface area (Å²) in [5.41, 5.74) is 2.92. The van der Waals surface area contributed by atoms with Gasteiger partial charge in [0.2, 0.25) is 0 Å². The monoisotopic (exact) mass is 593 g/mol. The summed E-state index contributed by atoms with van der Waals surface area (Å²) in [5, 5.41) is 12.3. The van der Waals surface area contributed by atoms with Gasteiger partial charge in [-0.25, -0.2) is 8.42 Å². The Labute approximate surface area is 252 Å². The van der Waals surface area contributed by atoms with Gasteiger partial charge in [-0.1, -0.05) is 69.4 Å². The molecular weight excluding hydrogens is 546 g/mol. The highest BCUT2D eigenvalue weighted by molar-refractivity contribution is 7.91. The van der Waals surface area contributed by atoms with E-state index in [1.54, 1.807) is 6.07 Å². The number of unbranched alkanes of at least 4 members (excludes halogenated alkanes) is 2. The number of hydrogen-bond donors (Lipinski definition) is 1. The third kappa shape index (κ3) is 7.30. The van der Waals surface area contributed by atoms with Crippen LogP contribution in [0.3, 0.4) is 0 Å². The van der Waals surface area contributed by atoms with E-state index in [1.165, 1.54) is 5.56 Å². The Morgan fingerprint density at radius 1 is 0.857 bits per heavy atom. The molecule has 3 aromatic rings. The van der Waals surface area contributed by atoms with Crippen LogP contribution in [0.5, 0.6) is 11.5 Å². The topological polar surface area (TPSA) is 76.1 Å². The van der Waals surface area contributed by atoms with E-state index >= 15 is 0 Å². The number of ether oxygens (including phenoxy) is 2. The summed E-state index contributed by atoms with van der Waals surface area (Å²) in [6.07, 6.45) is 4.15. The summed E-state index contributed by atoms with van der Waals surface area (Å²) in [6.45, 7) is 7.09. The lowest BCUT2D eigenvalue weighted by molar-refractivity contribution is 0.0127. The molecule has 228 valence electrons. The first-order valence-electron chi connectivity index (χ1n) is 15.2. The Balaban J connectivity index is 1.66. The van der Waals surface area contributed by atoms with Crippen LogP contribution >= 0.6 is 0 Å². The second-order valence-electron chi connectivity index (χ2n) is 11.9. The molecule has 7 heteroatoms. The molecule has 0 bridgehead atoms. The van der Waals surface area contributed by atoms with E-state index in [1.807, 2.05) is 86.6 Å². The highest BCUT2D eigenvalue weighted by atomic mass is 32.2. The number of benzene rings is 3. The van der Waals surface area contributed by atoms with Gasteiger partial charge in [0.1, 0.15) is 24.7 Å². The van der Waals surface area contributed by atoms with Crippen LogP contribution in [0.1, 0.15) is 75.0 Å². The lowest BCUT2D eigenvalue weighted by atomic mass is 9.68.